The molecule has 0 unspecified atom stereocenters. The number of esters is 2. The Hall–Kier alpha value is -2.37. The topological polar surface area (TPSA) is 72.9 Å². The van der Waals surface area contributed by atoms with E-state index in [0.29, 0.717) is 5.56 Å². The van der Waals surface area contributed by atoms with Crippen LogP contribution in [-0.2, 0) is 25.5 Å². The maximum Gasteiger partial charge on any atom is 0.348 e. The zero-order chi connectivity index (χ0) is 18.7. The van der Waals surface area contributed by atoms with Gasteiger partial charge in [0.25, 0.3) is 5.91 Å². The van der Waals surface area contributed by atoms with Crippen molar-refractivity contribution in [1.82, 2.24) is 4.90 Å². The Morgan fingerprint density at radius 3 is 2.62 bits per heavy atom. The number of ether oxygens (including phenoxy) is 2. The number of fused-ring (bicyclic) bond motifs is 1. The lowest BCUT2D eigenvalue weighted by Gasteiger charge is -2.33. The van der Waals surface area contributed by atoms with Crippen molar-refractivity contribution < 1.29 is 23.9 Å². The standard InChI is InChI=1S/C20H25NO5/c1-13(18(22)21(2)15-9-4-3-5-10-15)25-20(24)17-12-14-8-6-7-11-16(14)19(23)26-17/h6-8,11,13,15,17H,3-5,9-10,12H2,1-2H3/t13-,17-/m1/s1. The van der Waals surface area contributed by atoms with Crippen molar-refractivity contribution in [3.8, 4) is 0 Å². The highest BCUT2D eigenvalue weighted by Gasteiger charge is 2.35. The number of hydrogen-bond donors (Lipinski definition) is 0. The van der Waals surface area contributed by atoms with Gasteiger partial charge >= 0.3 is 11.9 Å². The van der Waals surface area contributed by atoms with E-state index >= 15 is 0 Å². The van der Waals surface area contributed by atoms with Gasteiger partial charge in [0.1, 0.15) is 0 Å². The third kappa shape index (κ3) is 3.89. The fourth-order valence-electron chi connectivity index (χ4n) is 3.70. The molecule has 6 heteroatoms. The molecule has 1 aliphatic heterocycles. The van der Waals surface area contributed by atoms with E-state index in [9.17, 15) is 14.4 Å². The Morgan fingerprint density at radius 1 is 1.19 bits per heavy atom. The molecule has 1 aliphatic carbocycles. The molecule has 26 heavy (non-hydrogen) atoms. The van der Waals surface area contributed by atoms with E-state index in [-0.39, 0.29) is 18.4 Å². The molecule has 0 saturated heterocycles. The zero-order valence-corrected chi connectivity index (χ0v) is 15.3. The molecular formula is C20H25NO5. The number of cyclic esters (lactones) is 1. The molecule has 1 aromatic carbocycles. The molecule has 3 rings (SSSR count). The summed E-state index contributed by atoms with van der Waals surface area (Å²) in [7, 11) is 1.76. The molecule has 0 bridgehead atoms. The predicted molar refractivity (Wildman–Crippen MR) is 94.5 cm³/mol. The Morgan fingerprint density at radius 2 is 1.88 bits per heavy atom. The van der Waals surface area contributed by atoms with E-state index < -0.39 is 24.1 Å². The average molecular weight is 359 g/mol. The number of carbonyl (C=O) groups is 3. The van der Waals surface area contributed by atoms with Gasteiger partial charge in [-0.25, -0.2) is 9.59 Å². The van der Waals surface area contributed by atoms with Gasteiger partial charge in [-0.15, -0.1) is 0 Å². The summed E-state index contributed by atoms with van der Waals surface area (Å²) in [5.74, 6) is -1.43. The molecule has 0 aromatic heterocycles. The summed E-state index contributed by atoms with van der Waals surface area (Å²) in [6, 6.07) is 7.23. The summed E-state index contributed by atoms with van der Waals surface area (Å²) < 4.78 is 10.5. The van der Waals surface area contributed by atoms with E-state index in [4.69, 9.17) is 9.47 Å². The van der Waals surface area contributed by atoms with Crippen LogP contribution in [0.4, 0.5) is 0 Å². The third-order valence-electron chi connectivity index (χ3n) is 5.27. The van der Waals surface area contributed by atoms with Crippen molar-refractivity contribution in [2.45, 2.75) is 63.7 Å². The summed E-state index contributed by atoms with van der Waals surface area (Å²) in [5, 5.41) is 0. The third-order valence-corrected chi connectivity index (χ3v) is 5.27. The van der Waals surface area contributed by atoms with Crippen LogP contribution in [0.1, 0.15) is 54.9 Å². The monoisotopic (exact) mass is 359 g/mol. The molecule has 0 N–H and O–H groups in total. The van der Waals surface area contributed by atoms with Crippen LogP contribution in [0.15, 0.2) is 24.3 Å². The highest BCUT2D eigenvalue weighted by atomic mass is 16.6. The van der Waals surface area contributed by atoms with Crippen molar-refractivity contribution in [1.29, 1.82) is 0 Å². The van der Waals surface area contributed by atoms with Gasteiger partial charge in [0.05, 0.1) is 5.56 Å². The van der Waals surface area contributed by atoms with E-state index in [2.05, 4.69) is 0 Å². The van der Waals surface area contributed by atoms with Crippen LogP contribution in [0, 0.1) is 0 Å². The minimum atomic E-state index is -1.01. The van der Waals surface area contributed by atoms with Gasteiger partial charge in [-0.05, 0) is 31.4 Å². The number of rotatable bonds is 4. The molecule has 6 nitrogen and oxygen atoms in total. The van der Waals surface area contributed by atoms with Gasteiger partial charge in [-0.3, -0.25) is 4.79 Å². The molecule has 2 atom stereocenters. The molecule has 0 spiro atoms. The maximum absolute atomic E-state index is 12.6. The van der Waals surface area contributed by atoms with Gasteiger partial charge in [-0.2, -0.15) is 0 Å². The second-order valence-corrected chi connectivity index (χ2v) is 7.08. The van der Waals surface area contributed by atoms with Crippen molar-refractivity contribution in [2.75, 3.05) is 7.05 Å². The summed E-state index contributed by atoms with van der Waals surface area (Å²) >= 11 is 0. The minimum absolute atomic E-state index is 0.205. The largest absolute Gasteiger partial charge is 0.450 e. The number of nitrogens with zero attached hydrogens (tertiary/aromatic N) is 1. The van der Waals surface area contributed by atoms with E-state index in [1.165, 1.54) is 6.42 Å². The van der Waals surface area contributed by atoms with Crippen molar-refractivity contribution in [3.05, 3.63) is 35.4 Å². The van der Waals surface area contributed by atoms with Gasteiger partial charge in [0.2, 0.25) is 6.10 Å². The van der Waals surface area contributed by atoms with Crippen LogP contribution in [0.2, 0.25) is 0 Å². The Balaban J connectivity index is 1.59. The molecule has 0 radical (unpaired) electrons. The lowest BCUT2D eigenvalue weighted by Crippen LogP contribution is -2.46. The van der Waals surface area contributed by atoms with E-state index in [1.807, 2.05) is 6.07 Å². The van der Waals surface area contributed by atoms with E-state index in [0.717, 1.165) is 31.2 Å². The molecule has 1 aromatic rings. The fourth-order valence-corrected chi connectivity index (χ4v) is 3.70. The van der Waals surface area contributed by atoms with Crippen LogP contribution in [0.3, 0.4) is 0 Å². The predicted octanol–water partition coefficient (Wildman–Crippen LogP) is 2.49. The fraction of sp³-hybridized carbons (Fsp3) is 0.550. The quantitative estimate of drug-likeness (QED) is 0.772. The van der Waals surface area contributed by atoms with Crippen LogP contribution >= 0.6 is 0 Å². The number of hydrogen-bond acceptors (Lipinski definition) is 5. The summed E-state index contributed by atoms with van der Waals surface area (Å²) in [6.07, 6.45) is 3.78. The zero-order valence-electron chi connectivity index (χ0n) is 15.3. The lowest BCUT2D eigenvalue weighted by atomic mass is 9.94. The summed E-state index contributed by atoms with van der Waals surface area (Å²) in [4.78, 5) is 38.7. The number of carbonyl (C=O) groups excluding carboxylic acids is 3. The number of benzene rings is 1. The molecule has 1 heterocycles. The second-order valence-electron chi connectivity index (χ2n) is 7.08. The molecular weight excluding hydrogens is 334 g/mol. The van der Waals surface area contributed by atoms with Crippen LogP contribution in [0.25, 0.3) is 0 Å². The molecule has 2 aliphatic rings. The first-order chi connectivity index (χ1) is 12.5. The average Bonchev–Trinajstić information content (AvgIpc) is 2.67. The first-order valence-electron chi connectivity index (χ1n) is 9.23. The number of likely N-dealkylation sites (N-methyl/N-ethyl adjacent to an activating group) is 1. The Labute approximate surface area is 153 Å². The van der Waals surface area contributed by atoms with Crippen LogP contribution in [0.5, 0.6) is 0 Å². The second kappa shape index (κ2) is 7.89. The van der Waals surface area contributed by atoms with Crippen molar-refractivity contribution in [2.24, 2.45) is 0 Å². The normalized spacial score (nSPS) is 21.3. The smallest absolute Gasteiger partial charge is 0.348 e. The van der Waals surface area contributed by atoms with Gasteiger partial charge in [0, 0.05) is 19.5 Å². The van der Waals surface area contributed by atoms with Crippen LogP contribution in [-0.4, -0.2) is 48.0 Å². The molecule has 1 amide bonds. The molecule has 140 valence electrons. The minimum Gasteiger partial charge on any atom is -0.450 e. The van der Waals surface area contributed by atoms with Gasteiger partial charge in [-0.1, -0.05) is 37.5 Å². The maximum atomic E-state index is 12.6. The van der Waals surface area contributed by atoms with Crippen LogP contribution < -0.4 is 0 Å². The van der Waals surface area contributed by atoms with Gasteiger partial charge in [0.15, 0.2) is 6.10 Å². The first-order valence-corrected chi connectivity index (χ1v) is 9.23. The first kappa shape index (κ1) is 18.4. The van der Waals surface area contributed by atoms with Crippen molar-refractivity contribution >= 4 is 17.8 Å². The summed E-state index contributed by atoms with van der Waals surface area (Å²) in [6.45, 7) is 1.57. The Kier molecular flexibility index (Phi) is 5.59. The number of amides is 1. The Bertz CT molecular complexity index is 695. The highest BCUT2D eigenvalue weighted by Crippen LogP contribution is 2.24. The van der Waals surface area contributed by atoms with E-state index in [1.54, 1.807) is 37.1 Å². The molecule has 1 saturated carbocycles. The summed E-state index contributed by atoms with van der Waals surface area (Å²) in [5.41, 5.74) is 1.22. The highest BCUT2D eigenvalue weighted by molar-refractivity contribution is 5.95. The van der Waals surface area contributed by atoms with Gasteiger partial charge < -0.3 is 14.4 Å². The molecule has 1 fully saturated rings. The lowest BCUT2D eigenvalue weighted by molar-refractivity contribution is -0.167. The van der Waals surface area contributed by atoms with Crippen molar-refractivity contribution in [3.63, 3.8) is 0 Å². The SMILES string of the molecule is C[C@@H](OC(=O)[C@H]1Cc2ccccc2C(=O)O1)C(=O)N(C)C1CCCCC1.